The van der Waals surface area contributed by atoms with Crippen LogP contribution < -0.4 is 9.80 Å². The quantitative estimate of drug-likeness (QED) is 0.179. The van der Waals surface area contributed by atoms with Gasteiger partial charge in [0.2, 0.25) is 0 Å². The van der Waals surface area contributed by atoms with Gasteiger partial charge in [0.15, 0.2) is 0 Å². The van der Waals surface area contributed by atoms with Crippen LogP contribution in [0.2, 0.25) is 0 Å². The molecule has 1 aliphatic carbocycles. The van der Waals surface area contributed by atoms with Gasteiger partial charge in [-0.2, -0.15) is 0 Å². The van der Waals surface area contributed by atoms with Gasteiger partial charge in [-0.25, -0.2) is 0 Å². The number of hydrogen-bond donors (Lipinski definition) is 0. The Morgan fingerprint density at radius 3 is 1.57 bits per heavy atom. The highest BCUT2D eigenvalue weighted by Crippen LogP contribution is 2.42. The molecule has 1 unspecified atom stereocenters. The summed E-state index contributed by atoms with van der Waals surface area (Å²) in [5.41, 5.74) is 12.0. The summed E-state index contributed by atoms with van der Waals surface area (Å²) in [6.07, 6.45) is 5.71. The molecule has 0 N–H and O–H groups in total. The van der Waals surface area contributed by atoms with Crippen LogP contribution in [0.4, 0.5) is 34.1 Å². The van der Waals surface area contributed by atoms with Gasteiger partial charge in [-0.3, -0.25) is 0 Å². The second-order valence-corrected chi connectivity index (χ2v) is 12.3. The van der Waals surface area contributed by atoms with E-state index in [4.69, 9.17) is 0 Å². The first-order valence-electron chi connectivity index (χ1n) is 16.4. The van der Waals surface area contributed by atoms with Gasteiger partial charge in [0.25, 0.3) is 0 Å². The number of fused-ring (bicyclic) bond motifs is 2. The van der Waals surface area contributed by atoms with Gasteiger partial charge in [0, 0.05) is 33.7 Å². The molecule has 0 radical (unpaired) electrons. The number of benzene rings is 7. The van der Waals surface area contributed by atoms with Crippen molar-refractivity contribution in [2.45, 2.75) is 13.3 Å². The third-order valence-corrected chi connectivity index (χ3v) is 9.17. The highest BCUT2D eigenvalue weighted by molar-refractivity contribution is 5.99. The van der Waals surface area contributed by atoms with Crippen LogP contribution >= 0.6 is 0 Å². The first-order valence-corrected chi connectivity index (χ1v) is 16.4. The van der Waals surface area contributed by atoms with Gasteiger partial charge >= 0.3 is 0 Å². The van der Waals surface area contributed by atoms with Crippen LogP contribution in [0.5, 0.6) is 0 Å². The first kappa shape index (κ1) is 28.6. The minimum Gasteiger partial charge on any atom is -0.310 e. The fraction of sp³-hybridized carbons (Fsp3) is 0.0667. The summed E-state index contributed by atoms with van der Waals surface area (Å²) in [5.74, 6) is 0.556. The molecule has 0 spiro atoms. The van der Waals surface area contributed by atoms with Gasteiger partial charge in [-0.1, -0.05) is 128 Å². The Hall–Kier alpha value is -5.86. The van der Waals surface area contributed by atoms with E-state index in [2.05, 4.69) is 199 Å². The van der Waals surface area contributed by atoms with Crippen molar-refractivity contribution < 1.29 is 0 Å². The van der Waals surface area contributed by atoms with E-state index in [1.165, 1.54) is 44.4 Å². The molecule has 0 saturated heterocycles. The average molecular weight is 605 g/mol. The maximum atomic E-state index is 2.38. The lowest BCUT2D eigenvalue weighted by Crippen LogP contribution is -2.14. The van der Waals surface area contributed by atoms with Crippen molar-refractivity contribution in [1.29, 1.82) is 0 Å². The Labute approximate surface area is 277 Å². The number of nitrogens with zero attached hydrogens (tertiary/aromatic N) is 2. The standard InChI is InChI=1S/C45H36N2/c1-33-22-31-43-37(32-33)14-11-21-45(43)47(39-17-6-3-7-18-39)41-29-25-35(26-30-41)34-23-27-40(28-24-34)46(38-15-4-2-5-16-38)44-20-10-13-36-12-8-9-19-42(36)44/h2-31,33H,32H2,1H3. The summed E-state index contributed by atoms with van der Waals surface area (Å²) >= 11 is 0. The molecule has 0 aliphatic heterocycles. The smallest absolute Gasteiger partial charge is 0.0540 e. The lowest BCUT2D eigenvalue weighted by Gasteiger charge is -2.29. The van der Waals surface area contributed by atoms with Crippen molar-refractivity contribution in [3.63, 3.8) is 0 Å². The first-order chi connectivity index (χ1) is 23.2. The van der Waals surface area contributed by atoms with E-state index >= 15 is 0 Å². The predicted molar refractivity (Wildman–Crippen MR) is 201 cm³/mol. The Kier molecular flexibility index (Phi) is 7.61. The highest BCUT2D eigenvalue weighted by atomic mass is 15.1. The maximum absolute atomic E-state index is 2.38. The zero-order valence-electron chi connectivity index (χ0n) is 26.5. The van der Waals surface area contributed by atoms with E-state index in [-0.39, 0.29) is 0 Å². The van der Waals surface area contributed by atoms with E-state index in [0.29, 0.717) is 5.92 Å². The van der Waals surface area contributed by atoms with Crippen LogP contribution in [-0.2, 0) is 6.42 Å². The van der Waals surface area contributed by atoms with E-state index in [9.17, 15) is 0 Å². The number of para-hydroxylation sites is 2. The highest BCUT2D eigenvalue weighted by Gasteiger charge is 2.20. The SMILES string of the molecule is CC1C=Cc2c(cccc2N(c2ccccc2)c2ccc(-c3ccc(N(c4ccccc4)c4cccc5ccccc45)cc3)cc2)C1. The van der Waals surface area contributed by atoms with Crippen LogP contribution in [0.1, 0.15) is 18.1 Å². The molecule has 0 bridgehead atoms. The van der Waals surface area contributed by atoms with Crippen molar-refractivity contribution in [2.75, 3.05) is 9.80 Å². The van der Waals surface area contributed by atoms with Crippen molar-refractivity contribution >= 4 is 51.0 Å². The summed E-state index contributed by atoms with van der Waals surface area (Å²) < 4.78 is 0. The molecule has 0 saturated carbocycles. The molecule has 2 nitrogen and oxygen atoms in total. The van der Waals surface area contributed by atoms with Crippen LogP contribution in [0, 0.1) is 5.92 Å². The molecule has 0 amide bonds. The summed E-state index contributed by atoms with van der Waals surface area (Å²) in [7, 11) is 0. The summed E-state index contributed by atoms with van der Waals surface area (Å²) in [6.45, 7) is 2.29. The molecule has 7 aromatic carbocycles. The summed E-state index contributed by atoms with van der Waals surface area (Å²) in [6, 6.07) is 61.1. The third kappa shape index (κ3) is 5.60. The Morgan fingerprint density at radius 1 is 0.447 bits per heavy atom. The van der Waals surface area contributed by atoms with Gasteiger partial charge in [-0.15, -0.1) is 0 Å². The van der Waals surface area contributed by atoms with Gasteiger partial charge in [0.05, 0.1) is 11.4 Å². The van der Waals surface area contributed by atoms with Crippen LogP contribution in [0.25, 0.3) is 28.0 Å². The Bertz CT molecular complexity index is 2160. The Morgan fingerprint density at radius 2 is 0.936 bits per heavy atom. The van der Waals surface area contributed by atoms with E-state index < -0.39 is 0 Å². The Balaban J connectivity index is 1.15. The van der Waals surface area contributed by atoms with Crippen LogP contribution in [0.15, 0.2) is 176 Å². The molecule has 8 rings (SSSR count). The van der Waals surface area contributed by atoms with Gasteiger partial charge < -0.3 is 9.80 Å². The second kappa shape index (κ2) is 12.5. The normalized spacial score (nSPS) is 13.7. The molecular weight excluding hydrogens is 569 g/mol. The van der Waals surface area contributed by atoms with E-state index in [1.54, 1.807) is 0 Å². The molecule has 7 aromatic rings. The number of anilines is 6. The molecule has 0 heterocycles. The molecule has 47 heavy (non-hydrogen) atoms. The maximum Gasteiger partial charge on any atom is 0.0540 e. The molecule has 1 aliphatic rings. The second-order valence-electron chi connectivity index (χ2n) is 12.3. The molecule has 0 fully saturated rings. The number of allylic oxidation sites excluding steroid dienone is 1. The molecular formula is C45H36N2. The third-order valence-electron chi connectivity index (χ3n) is 9.17. The molecule has 0 aromatic heterocycles. The van der Waals surface area contributed by atoms with Crippen LogP contribution in [-0.4, -0.2) is 0 Å². The van der Waals surface area contributed by atoms with Gasteiger partial charge in [0.1, 0.15) is 0 Å². The summed E-state index contributed by atoms with van der Waals surface area (Å²) in [4.78, 5) is 4.73. The largest absolute Gasteiger partial charge is 0.310 e. The molecule has 1 atom stereocenters. The lowest BCUT2D eigenvalue weighted by molar-refractivity contribution is 0.717. The van der Waals surface area contributed by atoms with Crippen molar-refractivity contribution in [3.8, 4) is 11.1 Å². The molecule has 226 valence electrons. The van der Waals surface area contributed by atoms with Crippen molar-refractivity contribution in [3.05, 3.63) is 187 Å². The minimum atomic E-state index is 0.556. The van der Waals surface area contributed by atoms with E-state index in [1.807, 2.05) is 0 Å². The van der Waals surface area contributed by atoms with Gasteiger partial charge in [-0.05, 0) is 95.1 Å². The van der Waals surface area contributed by atoms with E-state index in [0.717, 1.165) is 29.2 Å². The fourth-order valence-corrected chi connectivity index (χ4v) is 6.86. The zero-order valence-corrected chi connectivity index (χ0v) is 26.5. The fourth-order valence-electron chi connectivity index (χ4n) is 6.86. The molecule has 2 heteroatoms. The minimum absolute atomic E-state index is 0.556. The van der Waals surface area contributed by atoms with Crippen LogP contribution in [0.3, 0.4) is 0 Å². The number of rotatable bonds is 7. The predicted octanol–water partition coefficient (Wildman–Crippen LogP) is 12.7. The monoisotopic (exact) mass is 604 g/mol. The summed E-state index contributed by atoms with van der Waals surface area (Å²) in [5, 5.41) is 2.46. The van der Waals surface area contributed by atoms with Crippen molar-refractivity contribution in [2.24, 2.45) is 5.92 Å². The lowest BCUT2D eigenvalue weighted by atomic mass is 9.89. The average Bonchev–Trinajstić information content (AvgIpc) is 3.13. The number of hydrogen-bond acceptors (Lipinski definition) is 2. The zero-order chi connectivity index (χ0) is 31.6. The van der Waals surface area contributed by atoms with Crippen molar-refractivity contribution in [1.82, 2.24) is 0 Å². The topological polar surface area (TPSA) is 6.48 Å².